The quantitative estimate of drug-likeness (QED) is 0.0211. The average molecular weight is 739 g/mol. The van der Waals surface area contributed by atoms with Gasteiger partial charge in [-0.25, -0.2) is 0 Å². The van der Waals surface area contributed by atoms with Gasteiger partial charge in [-0.15, -0.1) is 0 Å². The van der Waals surface area contributed by atoms with Crippen LogP contribution in [0.5, 0.6) is 0 Å². The number of ether oxygens (including phenoxy) is 1. The fourth-order valence-corrected chi connectivity index (χ4v) is 8.77. The van der Waals surface area contributed by atoms with E-state index in [4.69, 9.17) is 4.74 Å². The van der Waals surface area contributed by atoms with E-state index in [1.54, 1.807) is 0 Å². The lowest BCUT2D eigenvalue weighted by Crippen LogP contribution is -2.41. The standard InChI is InChI=1S/C51H80NO2/c1-4-5-6-7-8-9-10-11-12-13-14-15-17-20-23-26-41-52(2,3)42-27-24-21-18-16-19-22-25-28-43-54-49(53)34-30-31-44-35-36-47-38-37-45-32-29-33-46-39-40-48(44)51(47)50(45)46/h29,32-33,35-40H,4-28,30-31,34,41-43H2,1-3H3/q+1. The Bertz CT molecular complexity index is 1540. The summed E-state index contributed by atoms with van der Waals surface area (Å²) in [5, 5.41) is 7.93. The lowest BCUT2D eigenvalue weighted by Gasteiger charge is -2.30. The van der Waals surface area contributed by atoms with Gasteiger partial charge in [-0.2, -0.15) is 0 Å². The van der Waals surface area contributed by atoms with Gasteiger partial charge in [0.25, 0.3) is 0 Å². The number of aryl methyl sites for hydroxylation is 1. The van der Waals surface area contributed by atoms with Crippen LogP contribution >= 0.6 is 0 Å². The van der Waals surface area contributed by atoms with Crippen LogP contribution in [-0.2, 0) is 16.0 Å². The topological polar surface area (TPSA) is 26.3 Å². The SMILES string of the molecule is CCCCCCCCCCCCCCCCCC[N+](C)(C)CCCCCCCCCCCOC(=O)CCCc1ccc2ccc3cccc4ccc1c2c34. The van der Waals surface area contributed by atoms with E-state index < -0.39 is 0 Å². The highest BCUT2D eigenvalue weighted by atomic mass is 16.5. The molecule has 0 saturated heterocycles. The number of benzene rings is 4. The molecule has 0 radical (unpaired) electrons. The molecule has 0 aliphatic rings. The normalized spacial score (nSPS) is 12.1. The molecule has 0 aliphatic carbocycles. The van der Waals surface area contributed by atoms with Gasteiger partial charge in [-0.05, 0) is 82.8 Å². The van der Waals surface area contributed by atoms with Gasteiger partial charge < -0.3 is 9.22 Å². The number of unbranched alkanes of at least 4 members (excludes halogenated alkanes) is 23. The van der Waals surface area contributed by atoms with E-state index in [0.29, 0.717) is 13.0 Å². The zero-order valence-corrected chi connectivity index (χ0v) is 35.4. The molecule has 0 N–H and O–H groups in total. The van der Waals surface area contributed by atoms with E-state index in [2.05, 4.69) is 75.6 Å². The van der Waals surface area contributed by atoms with Crippen LogP contribution in [0.15, 0.2) is 54.6 Å². The molecule has 4 rings (SSSR count). The Morgan fingerprint density at radius 1 is 0.481 bits per heavy atom. The van der Waals surface area contributed by atoms with Crippen LogP contribution in [0.1, 0.15) is 186 Å². The summed E-state index contributed by atoms with van der Waals surface area (Å²) in [4.78, 5) is 12.4. The molecule has 0 aliphatic heterocycles. The molecule has 0 fully saturated rings. The van der Waals surface area contributed by atoms with Crippen molar-refractivity contribution in [3.05, 3.63) is 60.2 Å². The van der Waals surface area contributed by atoms with Crippen LogP contribution in [0.3, 0.4) is 0 Å². The molecule has 0 amide bonds. The van der Waals surface area contributed by atoms with Crippen molar-refractivity contribution in [2.45, 2.75) is 187 Å². The van der Waals surface area contributed by atoms with Crippen molar-refractivity contribution in [3.8, 4) is 0 Å². The number of quaternary nitrogens is 1. The van der Waals surface area contributed by atoms with Crippen molar-refractivity contribution in [1.82, 2.24) is 0 Å². The van der Waals surface area contributed by atoms with Crippen LogP contribution in [0.2, 0.25) is 0 Å². The second-order valence-corrected chi connectivity index (χ2v) is 17.5. The van der Waals surface area contributed by atoms with Gasteiger partial charge in [-0.1, -0.05) is 190 Å². The molecule has 0 aromatic heterocycles. The molecule has 0 heterocycles. The van der Waals surface area contributed by atoms with E-state index in [-0.39, 0.29) is 5.97 Å². The number of carbonyl (C=O) groups is 1. The Kier molecular flexibility index (Phi) is 21.4. The summed E-state index contributed by atoms with van der Waals surface area (Å²) >= 11 is 0. The van der Waals surface area contributed by atoms with Crippen molar-refractivity contribution in [2.75, 3.05) is 33.8 Å². The molecule has 0 saturated carbocycles. The smallest absolute Gasteiger partial charge is 0.305 e. The fraction of sp³-hybridized carbons (Fsp3) is 0.667. The van der Waals surface area contributed by atoms with E-state index in [0.717, 1.165) is 19.3 Å². The zero-order valence-electron chi connectivity index (χ0n) is 35.4. The third kappa shape index (κ3) is 16.6. The molecule has 0 spiro atoms. The molecule has 0 atom stereocenters. The van der Waals surface area contributed by atoms with E-state index in [1.165, 1.54) is 210 Å². The predicted molar refractivity (Wildman–Crippen MR) is 237 cm³/mol. The molecule has 3 heteroatoms. The first-order valence-electron chi connectivity index (χ1n) is 23.1. The Balaban J connectivity index is 0.889. The summed E-state index contributed by atoms with van der Waals surface area (Å²) < 4.78 is 6.79. The van der Waals surface area contributed by atoms with Crippen LogP contribution in [0, 0.1) is 0 Å². The summed E-state index contributed by atoms with van der Waals surface area (Å²) in [6, 6.07) is 20.0. The maximum Gasteiger partial charge on any atom is 0.305 e. The Morgan fingerprint density at radius 3 is 1.43 bits per heavy atom. The van der Waals surface area contributed by atoms with Crippen LogP contribution in [-0.4, -0.2) is 44.2 Å². The highest BCUT2D eigenvalue weighted by Crippen LogP contribution is 2.36. The first-order valence-corrected chi connectivity index (χ1v) is 23.1. The number of rotatable bonds is 33. The van der Waals surface area contributed by atoms with Gasteiger partial charge in [0, 0.05) is 6.42 Å². The summed E-state index contributed by atoms with van der Waals surface area (Å²) in [5.41, 5.74) is 1.33. The molecule has 4 aromatic carbocycles. The molecular formula is C51H80NO2+. The lowest BCUT2D eigenvalue weighted by molar-refractivity contribution is -0.890. The van der Waals surface area contributed by atoms with Crippen molar-refractivity contribution < 1.29 is 14.0 Å². The molecule has 54 heavy (non-hydrogen) atoms. The Labute approximate surface area is 331 Å². The second kappa shape index (κ2) is 26.2. The second-order valence-electron chi connectivity index (χ2n) is 17.5. The minimum absolute atomic E-state index is 0.0421. The predicted octanol–water partition coefficient (Wildman–Crippen LogP) is 15.3. The van der Waals surface area contributed by atoms with Gasteiger partial charge >= 0.3 is 5.97 Å². The summed E-state index contributed by atoms with van der Waals surface area (Å²) in [7, 11) is 4.88. The maximum atomic E-state index is 12.4. The van der Waals surface area contributed by atoms with Gasteiger partial charge in [-0.3, -0.25) is 4.79 Å². The van der Waals surface area contributed by atoms with Gasteiger partial charge in [0.15, 0.2) is 0 Å². The van der Waals surface area contributed by atoms with Crippen LogP contribution < -0.4 is 0 Å². The maximum absolute atomic E-state index is 12.4. The third-order valence-electron chi connectivity index (χ3n) is 12.2. The molecule has 0 bridgehead atoms. The molecular weight excluding hydrogens is 659 g/mol. The van der Waals surface area contributed by atoms with Crippen LogP contribution in [0.4, 0.5) is 0 Å². The number of hydrogen-bond donors (Lipinski definition) is 0. The monoisotopic (exact) mass is 739 g/mol. The molecule has 3 nitrogen and oxygen atoms in total. The van der Waals surface area contributed by atoms with Gasteiger partial charge in [0.2, 0.25) is 0 Å². The Morgan fingerprint density at radius 2 is 0.907 bits per heavy atom. The summed E-state index contributed by atoms with van der Waals surface area (Å²) in [6.45, 7) is 5.55. The number of nitrogens with zero attached hydrogens (tertiary/aromatic N) is 1. The minimum atomic E-state index is -0.0421. The highest BCUT2D eigenvalue weighted by molar-refractivity contribution is 6.23. The van der Waals surface area contributed by atoms with Gasteiger partial charge in [0.05, 0.1) is 33.8 Å². The molecule has 300 valence electrons. The number of hydrogen-bond acceptors (Lipinski definition) is 2. The third-order valence-corrected chi connectivity index (χ3v) is 12.2. The largest absolute Gasteiger partial charge is 0.466 e. The minimum Gasteiger partial charge on any atom is -0.466 e. The van der Waals surface area contributed by atoms with Crippen molar-refractivity contribution in [3.63, 3.8) is 0 Å². The fourth-order valence-electron chi connectivity index (χ4n) is 8.77. The van der Waals surface area contributed by atoms with Crippen LogP contribution in [0.25, 0.3) is 32.3 Å². The van der Waals surface area contributed by atoms with Gasteiger partial charge in [0.1, 0.15) is 0 Å². The number of carbonyl (C=O) groups excluding carboxylic acids is 1. The number of esters is 1. The Hall–Kier alpha value is -2.65. The van der Waals surface area contributed by atoms with Crippen molar-refractivity contribution in [2.24, 2.45) is 0 Å². The first-order chi connectivity index (χ1) is 26.5. The van der Waals surface area contributed by atoms with E-state index >= 15 is 0 Å². The zero-order chi connectivity index (χ0) is 38.1. The lowest BCUT2D eigenvalue weighted by atomic mass is 9.90. The van der Waals surface area contributed by atoms with E-state index in [1.807, 2.05) is 0 Å². The highest BCUT2D eigenvalue weighted by Gasteiger charge is 2.14. The molecule has 0 unspecified atom stereocenters. The summed E-state index contributed by atoms with van der Waals surface area (Å²) in [6.07, 6.45) is 36.9. The van der Waals surface area contributed by atoms with E-state index in [9.17, 15) is 4.79 Å². The average Bonchev–Trinajstić information content (AvgIpc) is 3.17. The first kappa shape index (κ1) is 44.1. The summed E-state index contributed by atoms with van der Waals surface area (Å²) in [5.74, 6) is -0.0421. The van der Waals surface area contributed by atoms with Crippen molar-refractivity contribution >= 4 is 38.3 Å². The molecule has 4 aromatic rings. The van der Waals surface area contributed by atoms with Crippen molar-refractivity contribution in [1.29, 1.82) is 0 Å².